The van der Waals surface area contributed by atoms with E-state index >= 15 is 0 Å². The standard InChI is InChI=1S/C13H9ClFN5O/c14-9-6-8(15)2-1-7(9)5-10-19-13(21-20-10)11-12(16)18-4-3-17-11/h1-4,6H,5H2,(H2,16,18). The maximum atomic E-state index is 13.0. The Bertz CT molecular complexity index is 792. The molecule has 2 aromatic heterocycles. The van der Waals surface area contributed by atoms with E-state index in [4.69, 9.17) is 21.9 Å². The van der Waals surface area contributed by atoms with E-state index in [0.717, 1.165) is 0 Å². The van der Waals surface area contributed by atoms with Crippen LogP contribution in [0.2, 0.25) is 5.02 Å². The van der Waals surface area contributed by atoms with E-state index < -0.39 is 5.82 Å². The lowest BCUT2D eigenvalue weighted by atomic mass is 10.1. The minimum Gasteiger partial charge on any atom is -0.382 e. The summed E-state index contributed by atoms with van der Waals surface area (Å²) in [4.78, 5) is 12.1. The maximum Gasteiger partial charge on any atom is 0.280 e. The van der Waals surface area contributed by atoms with Gasteiger partial charge in [0.25, 0.3) is 5.89 Å². The van der Waals surface area contributed by atoms with Crippen molar-refractivity contribution in [1.82, 2.24) is 20.1 Å². The zero-order chi connectivity index (χ0) is 14.8. The van der Waals surface area contributed by atoms with Gasteiger partial charge in [0, 0.05) is 23.8 Å². The van der Waals surface area contributed by atoms with Crippen molar-refractivity contribution in [3.8, 4) is 11.6 Å². The molecule has 2 heterocycles. The fourth-order valence-electron chi connectivity index (χ4n) is 1.77. The Hall–Kier alpha value is -2.54. The molecule has 0 saturated carbocycles. The van der Waals surface area contributed by atoms with Crippen LogP contribution in [0.3, 0.4) is 0 Å². The Balaban J connectivity index is 1.87. The van der Waals surface area contributed by atoms with Crippen molar-refractivity contribution >= 4 is 17.4 Å². The molecule has 0 aliphatic carbocycles. The van der Waals surface area contributed by atoms with Crippen LogP contribution >= 0.6 is 11.6 Å². The molecular formula is C13H9ClFN5O. The normalized spacial score (nSPS) is 10.8. The predicted octanol–water partition coefficient (Wildman–Crippen LogP) is 2.49. The Morgan fingerprint density at radius 3 is 2.81 bits per heavy atom. The van der Waals surface area contributed by atoms with Crippen LogP contribution in [-0.4, -0.2) is 20.1 Å². The van der Waals surface area contributed by atoms with Crippen LogP contribution in [0.4, 0.5) is 10.2 Å². The molecule has 106 valence electrons. The molecule has 1 aromatic carbocycles. The molecule has 0 aliphatic heterocycles. The van der Waals surface area contributed by atoms with Crippen molar-refractivity contribution in [2.45, 2.75) is 6.42 Å². The molecule has 8 heteroatoms. The van der Waals surface area contributed by atoms with Crippen LogP contribution in [0.1, 0.15) is 11.4 Å². The summed E-state index contributed by atoms with van der Waals surface area (Å²) in [6.45, 7) is 0. The number of halogens is 2. The molecule has 2 N–H and O–H groups in total. The average Bonchev–Trinajstić information content (AvgIpc) is 2.91. The molecule has 3 aromatic rings. The smallest absolute Gasteiger partial charge is 0.280 e. The number of hydrogen-bond donors (Lipinski definition) is 1. The molecule has 0 saturated heterocycles. The highest BCUT2D eigenvalue weighted by molar-refractivity contribution is 6.31. The Kier molecular flexibility index (Phi) is 3.49. The first kappa shape index (κ1) is 13.4. The van der Waals surface area contributed by atoms with Crippen LogP contribution in [0.25, 0.3) is 11.6 Å². The van der Waals surface area contributed by atoms with Crippen LogP contribution in [0.15, 0.2) is 35.1 Å². The first-order valence-corrected chi connectivity index (χ1v) is 6.34. The number of nitrogen functional groups attached to an aromatic ring is 1. The lowest BCUT2D eigenvalue weighted by molar-refractivity contribution is 0.422. The highest BCUT2D eigenvalue weighted by atomic mass is 35.5. The SMILES string of the molecule is Nc1nccnc1-c1nc(Cc2ccc(F)cc2Cl)no1. The fourth-order valence-corrected chi connectivity index (χ4v) is 2.00. The Morgan fingerprint density at radius 1 is 1.24 bits per heavy atom. The molecular weight excluding hydrogens is 297 g/mol. The fraction of sp³-hybridized carbons (Fsp3) is 0.0769. The number of rotatable bonds is 3. The molecule has 0 amide bonds. The molecule has 0 aliphatic rings. The quantitative estimate of drug-likeness (QED) is 0.799. The third-order valence-corrected chi connectivity index (χ3v) is 3.11. The summed E-state index contributed by atoms with van der Waals surface area (Å²) < 4.78 is 18.1. The summed E-state index contributed by atoms with van der Waals surface area (Å²) in [5.41, 5.74) is 6.70. The molecule has 6 nitrogen and oxygen atoms in total. The monoisotopic (exact) mass is 305 g/mol. The van der Waals surface area contributed by atoms with Gasteiger partial charge in [-0.2, -0.15) is 4.98 Å². The van der Waals surface area contributed by atoms with Gasteiger partial charge in [-0.15, -0.1) is 0 Å². The summed E-state index contributed by atoms with van der Waals surface area (Å²) in [7, 11) is 0. The van der Waals surface area contributed by atoms with Gasteiger partial charge < -0.3 is 10.3 Å². The Morgan fingerprint density at radius 2 is 2.05 bits per heavy atom. The number of nitrogens with zero attached hydrogens (tertiary/aromatic N) is 4. The summed E-state index contributed by atoms with van der Waals surface area (Å²) in [6.07, 6.45) is 3.25. The van der Waals surface area contributed by atoms with Gasteiger partial charge >= 0.3 is 0 Å². The van der Waals surface area contributed by atoms with Crippen LogP contribution < -0.4 is 5.73 Å². The van der Waals surface area contributed by atoms with Crippen LogP contribution in [0.5, 0.6) is 0 Å². The average molecular weight is 306 g/mol. The third kappa shape index (κ3) is 2.82. The van der Waals surface area contributed by atoms with E-state index in [9.17, 15) is 4.39 Å². The highest BCUT2D eigenvalue weighted by Crippen LogP contribution is 2.22. The molecule has 0 unspecified atom stereocenters. The number of hydrogen-bond acceptors (Lipinski definition) is 6. The van der Waals surface area contributed by atoms with Gasteiger partial charge in [-0.05, 0) is 17.7 Å². The van der Waals surface area contributed by atoms with Gasteiger partial charge in [-0.3, -0.25) is 0 Å². The van der Waals surface area contributed by atoms with Crippen LogP contribution in [-0.2, 0) is 6.42 Å². The van der Waals surface area contributed by atoms with Gasteiger partial charge in [-0.25, -0.2) is 14.4 Å². The topological polar surface area (TPSA) is 90.7 Å². The number of aromatic nitrogens is 4. The maximum absolute atomic E-state index is 13.0. The third-order valence-electron chi connectivity index (χ3n) is 2.76. The molecule has 0 bridgehead atoms. The number of anilines is 1. The van der Waals surface area contributed by atoms with Gasteiger partial charge in [0.15, 0.2) is 17.3 Å². The molecule has 0 fully saturated rings. The number of nitrogens with two attached hydrogens (primary N) is 1. The largest absolute Gasteiger partial charge is 0.382 e. The minimum absolute atomic E-state index is 0.175. The van der Waals surface area contributed by atoms with Crippen molar-refractivity contribution in [2.24, 2.45) is 0 Å². The van der Waals surface area contributed by atoms with E-state index in [0.29, 0.717) is 28.5 Å². The minimum atomic E-state index is -0.398. The predicted molar refractivity (Wildman–Crippen MR) is 74.0 cm³/mol. The van der Waals surface area contributed by atoms with E-state index in [-0.39, 0.29) is 11.7 Å². The summed E-state index contributed by atoms with van der Waals surface area (Å²) in [5, 5.41) is 4.14. The highest BCUT2D eigenvalue weighted by Gasteiger charge is 2.15. The van der Waals surface area contributed by atoms with E-state index in [1.807, 2.05) is 0 Å². The molecule has 0 atom stereocenters. The second-order valence-corrected chi connectivity index (χ2v) is 4.63. The lowest BCUT2D eigenvalue weighted by Crippen LogP contribution is -1.97. The molecule has 3 rings (SSSR count). The molecule has 0 radical (unpaired) electrons. The van der Waals surface area contributed by atoms with Crippen molar-refractivity contribution in [3.63, 3.8) is 0 Å². The zero-order valence-electron chi connectivity index (χ0n) is 10.6. The van der Waals surface area contributed by atoms with E-state index in [1.165, 1.54) is 24.5 Å². The van der Waals surface area contributed by atoms with Crippen molar-refractivity contribution < 1.29 is 8.91 Å². The second kappa shape index (κ2) is 5.45. The zero-order valence-corrected chi connectivity index (χ0v) is 11.4. The Labute approximate surface area is 123 Å². The number of benzene rings is 1. The lowest BCUT2D eigenvalue weighted by Gasteiger charge is -2.00. The van der Waals surface area contributed by atoms with Crippen molar-refractivity contribution in [1.29, 1.82) is 0 Å². The second-order valence-electron chi connectivity index (χ2n) is 4.22. The summed E-state index contributed by atoms with van der Waals surface area (Å²) in [5.74, 6) is 0.370. The van der Waals surface area contributed by atoms with Gasteiger partial charge in [0.2, 0.25) is 0 Å². The molecule has 0 spiro atoms. The van der Waals surface area contributed by atoms with E-state index in [2.05, 4.69) is 20.1 Å². The van der Waals surface area contributed by atoms with Crippen molar-refractivity contribution in [3.05, 3.63) is 52.8 Å². The first-order valence-electron chi connectivity index (χ1n) is 5.97. The van der Waals surface area contributed by atoms with E-state index in [1.54, 1.807) is 6.07 Å². The van der Waals surface area contributed by atoms with Gasteiger partial charge in [0.05, 0.1) is 0 Å². The van der Waals surface area contributed by atoms with Gasteiger partial charge in [-0.1, -0.05) is 22.8 Å². The molecule has 21 heavy (non-hydrogen) atoms. The first-order chi connectivity index (χ1) is 10.1. The summed E-state index contributed by atoms with van der Waals surface area (Å²) in [6, 6.07) is 4.13. The van der Waals surface area contributed by atoms with Gasteiger partial charge in [0.1, 0.15) is 5.82 Å². The van der Waals surface area contributed by atoms with Crippen LogP contribution in [0, 0.1) is 5.82 Å². The summed E-state index contributed by atoms with van der Waals surface area (Å²) >= 11 is 5.96. The van der Waals surface area contributed by atoms with Crippen molar-refractivity contribution in [2.75, 3.05) is 5.73 Å².